The molecule has 0 aliphatic carbocycles. The summed E-state index contributed by atoms with van der Waals surface area (Å²) in [7, 11) is 0. The van der Waals surface area contributed by atoms with Crippen LogP contribution in [0.2, 0.25) is 0 Å². The summed E-state index contributed by atoms with van der Waals surface area (Å²) in [5, 5.41) is 0. The van der Waals surface area contributed by atoms with E-state index in [0.717, 1.165) is 109 Å². The monoisotopic (exact) mass is 977 g/mol. The van der Waals surface area contributed by atoms with Gasteiger partial charge in [0.2, 0.25) is 0 Å². The SMILES string of the molecule is CC/C=C\C/C=C\C/C=C\C/C=C\C/C=C\C/C=C\CCC(=O)O[C@@H](COC(=O)CCCC/C=C\C/C=C\C/C=C\CCCCC)COC(=O)CCCCC/C=C\C/C=C\C/C=C\C/C=C\CCCCC. The fourth-order valence-electron chi connectivity index (χ4n) is 6.81. The highest BCUT2D eigenvalue weighted by Crippen LogP contribution is 2.10. The van der Waals surface area contributed by atoms with Gasteiger partial charge in [-0.25, -0.2) is 0 Å². The molecule has 0 fully saturated rings. The second kappa shape index (κ2) is 57.6. The molecule has 0 aromatic heterocycles. The van der Waals surface area contributed by atoms with Crippen LogP contribution in [0, 0.1) is 0 Å². The van der Waals surface area contributed by atoms with Gasteiger partial charge in [0.15, 0.2) is 6.10 Å². The maximum absolute atomic E-state index is 12.8. The van der Waals surface area contributed by atoms with Crippen molar-refractivity contribution in [2.45, 2.75) is 219 Å². The Bertz CT molecular complexity index is 1640. The fourth-order valence-corrected chi connectivity index (χ4v) is 6.81. The van der Waals surface area contributed by atoms with E-state index in [-0.39, 0.29) is 38.0 Å². The van der Waals surface area contributed by atoms with Gasteiger partial charge in [-0.2, -0.15) is 0 Å². The summed E-state index contributed by atoms with van der Waals surface area (Å²) >= 11 is 0. The van der Waals surface area contributed by atoms with Crippen LogP contribution in [0.1, 0.15) is 213 Å². The minimum atomic E-state index is -0.856. The average molecular weight is 978 g/mol. The fraction of sp³-hybridized carbons (Fsp3) is 0.554. The lowest BCUT2D eigenvalue weighted by Crippen LogP contribution is -2.30. The van der Waals surface area contributed by atoms with E-state index in [1.54, 1.807) is 0 Å². The molecule has 0 unspecified atom stereocenters. The summed E-state index contributed by atoms with van der Waals surface area (Å²) in [5.74, 6) is -1.11. The Kier molecular flexibility index (Phi) is 53.6. The second-order valence-electron chi connectivity index (χ2n) is 17.7. The maximum atomic E-state index is 12.8. The Hall–Kier alpha value is -4.97. The number of ether oxygens (including phenoxy) is 3. The minimum absolute atomic E-state index is 0.144. The van der Waals surface area contributed by atoms with Gasteiger partial charge < -0.3 is 14.2 Å². The van der Waals surface area contributed by atoms with E-state index >= 15 is 0 Å². The highest BCUT2D eigenvalue weighted by atomic mass is 16.6. The number of hydrogen-bond acceptors (Lipinski definition) is 6. The summed E-state index contributed by atoms with van der Waals surface area (Å²) in [6.45, 7) is 6.32. The Labute approximate surface area is 435 Å². The van der Waals surface area contributed by atoms with Crippen molar-refractivity contribution >= 4 is 17.9 Å². The summed E-state index contributed by atoms with van der Waals surface area (Å²) in [6.07, 6.45) is 83.8. The first-order valence-corrected chi connectivity index (χ1v) is 28.0. The van der Waals surface area contributed by atoms with Crippen LogP contribution in [-0.2, 0) is 28.6 Å². The van der Waals surface area contributed by atoms with Crippen molar-refractivity contribution in [3.8, 4) is 0 Å². The lowest BCUT2D eigenvalue weighted by Gasteiger charge is -2.18. The molecule has 0 saturated carbocycles. The number of unbranched alkanes of at least 4 members (excludes halogenated alkanes) is 11. The molecule has 0 spiro atoms. The molecule has 0 amide bonds. The smallest absolute Gasteiger partial charge is 0.306 e. The predicted octanol–water partition coefficient (Wildman–Crippen LogP) is 19.0. The van der Waals surface area contributed by atoms with Gasteiger partial charge in [-0.3, -0.25) is 14.4 Å². The Balaban J connectivity index is 4.66. The zero-order valence-corrected chi connectivity index (χ0v) is 45.2. The molecule has 0 bridgehead atoms. The van der Waals surface area contributed by atoms with Crippen LogP contribution in [0.25, 0.3) is 0 Å². The summed E-state index contributed by atoms with van der Waals surface area (Å²) < 4.78 is 16.7. The average Bonchev–Trinajstić information content (AvgIpc) is 3.37. The van der Waals surface area contributed by atoms with Crippen LogP contribution in [0.4, 0.5) is 0 Å². The van der Waals surface area contributed by atoms with Gasteiger partial charge in [0.1, 0.15) is 13.2 Å². The Morgan fingerprint density at radius 2 is 0.577 bits per heavy atom. The van der Waals surface area contributed by atoms with Gasteiger partial charge in [0.25, 0.3) is 0 Å². The second-order valence-corrected chi connectivity index (χ2v) is 17.7. The van der Waals surface area contributed by atoms with Crippen molar-refractivity contribution in [2.24, 2.45) is 0 Å². The third-order valence-corrected chi connectivity index (χ3v) is 11.0. The summed E-state index contributed by atoms with van der Waals surface area (Å²) in [5.41, 5.74) is 0. The molecule has 71 heavy (non-hydrogen) atoms. The first-order chi connectivity index (χ1) is 35.0. The lowest BCUT2D eigenvalue weighted by molar-refractivity contribution is -0.166. The van der Waals surface area contributed by atoms with E-state index in [1.165, 1.54) is 51.4 Å². The number of rotatable bonds is 48. The molecule has 0 aromatic carbocycles. The van der Waals surface area contributed by atoms with Crippen molar-refractivity contribution in [3.63, 3.8) is 0 Å². The molecule has 1 atom stereocenters. The largest absolute Gasteiger partial charge is 0.462 e. The van der Waals surface area contributed by atoms with E-state index in [0.29, 0.717) is 19.3 Å². The van der Waals surface area contributed by atoms with E-state index in [9.17, 15) is 14.4 Å². The van der Waals surface area contributed by atoms with Gasteiger partial charge in [-0.05, 0) is 141 Å². The van der Waals surface area contributed by atoms with Gasteiger partial charge >= 0.3 is 17.9 Å². The van der Waals surface area contributed by atoms with E-state index < -0.39 is 12.1 Å². The molecule has 0 heterocycles. The lowest BCUT2D eigenvalue weighted by atomic mass is 10.1. The molecule has 0 aliphatic rings. The van der Waals surface area contributed by atoms with Crippen molar-refractivity contribution in [1.29, 1.82) is 0 Å². The highest BCUT2D eigenvalue weighted by Gasteiger charge is 2.19. The molecule has 6 heteroatoms. The first-order valence-electron chi connectivity index (χ1n) is 28.0. The number of carbonyl (C=O) groups is 3. The van der Waals surface area contributed by atoms with Crippen LogP contribution in [-0.4, -0.2) is 37.2 Å². The molecule has 0 saturated heterocycles. The van der Waals surface area contributed by atoms with Crippen LogP contribution < -0.4 is 0 Å². The van der Waals surface area contributed by atoms with Crippen LogP contribution in [0.3, 0.4) is 0 Å². The normalized spacial score (nSPS) is 13.3. The van der Waals surface area contributed by atoms with E-state index in [2.05, 4.69) is 167 Å². The van der Waals surface area contributed by atoms with Crippen molar-refractivity contribution in [1.82, 2.24) is 0 Å². The first kappa shape index (κ1) is 66.0. The zero-order chi connectivity index (χ0) is 51.4. The molecule has 0 radical (unpaired) electrons. The number of esters is 3. The quantitative estimate of drug-likeness (QED) is 0.0262. The Morgan fingerprint density at radius 3 is 0.915 bits per heavy atom. The molecular formula is C65H100O6. The van der Waals surface area contributed by atoms with E-state index in [4.69, 9.17) is 14.2 Å². The van der Waals surface area contributed by atoms with Gasteiger partial charge in [-0.1, -0.05) is 211 Å². The standard InChI is InChI=1S/C65H100O6/c1-4-7-10-13-16-19-22-25-28-30-32-34-37-40-43-46-49-52-55-58-64(67)70-61-62(60-69-63(66)57-54-51-48-45-42-39-36-27-24-21-18-15-12-9-6-3)71-65(68)59-56-53-50-47-44-41-38-35-33-31-29-26-23-20-17-14-11-8-5-2/h8,11,16-21,25-29,32-36,40-45,50,53,62H,4-7,9-10,12-15,22-24,30-31,37-39,46-49,51-52,54-61H2,1-3H3/b11-8-,19-16-,20-17-,21-18-,28-25-,29-26-,34-32-,35-33-,36-27-,43-40-,44-41-,45-42-,53-50-/t62-/m0/s1. The molecule has 0 aliphatic heterocycles. The number of allylic oxidation sites excluding steroid dienone is 26. The molecular weight excluding hydrogens is 877 g/mol. The van der Waals surface area contributed by atoms with Crippen LogP contribution >= 0.6 is 0 Å². The van der Waals surface area contributed by atoms with Gasteiger partial charge in [-0.15, -0.1) is 0 Å². The highest BCUT2D eigenvalue weighted by molar-refractivity contribution is 5.71. The Morgan fingerprint density at radius 1 is 0.296 bits per heavy atom. The predicted molar refractivity (Wildman–Crippen MR) is 306 cm³/mol. The third-order valence-electron chi connectivity index (χ3n) is 11.0. The molecule has 0 N–H and O–H groups in total. The summed E-state index contributed by atoms with van der Waals surface area (Å²) in [4.78, 5) is 38.1. The van der Waals surface area contributed by atoms with Crippen LogP contribution in [0.15, 0.2) is 158 Å². The maximum Gasteiger partial charge on any atom is 0.306 e. The van der Waals surface area contributed by atoms with Crippen molar-refractivity contribution < 1.29 is 28.6 Å². The molecule has 0 aromatic rings. The molecule has 396 valence electrons. The van der Waals surface area contributed by atoms with Crippen molar-refractivity contribution in [3.05, 3.63) is 158 Å². The topological polar surface area (TPSA) is 78.9 Å². The molecule has 6 nitrogen and oxygen atoms in total. The summed E-state index contributed by atoms with van der Waals surface area (Å²) in [6, 6.07) is 0. The van der Waals surface area contributed by atoms with E-state index in [1.807, 2.05) is 12.2 Å². The molecule has 0 rings (SSSR count). The van der Waals surface area contributed by atoms with Gasteiger partial charge in [0.05, 0.1) is 0 Å². The van der Waals surface area contributed by atoms with Gasteiger partial charge in [0, 0.05) is 19.3 Å². The van der Waals surface area contributed by atoms with Crippen molar-refractivity contribution in [2.75, 3.05) is 13.2 Å². The number of hydrogen-bond donors (Lipinski definition) is 0. The number of carbonyl (C=O) groups excluding carboxylic acids is 3. The van der Waals surface area contributed by atoms with Crippen LogP contribution in [0.5, 0.6) is 0 Å². The zero-order valence-electron chi connectivity index (χ0n) is 45.2. The minimum Gasteiger partial charge on any atom is -0.462 e. The third kappa shape index (κ3) is 55.8.